The van der Waals surface area contributed by atoms with Crippen molar-refractivity contribution >= 4 is 22.9 Å². The fourth-order valence-electron chi connectivity index (χ4n) is 0.135. The van der Waals surface area contributed by atoms with Gasteiger partial charge in [-0.3, -0.25) is 0 Å². The Bertz CT molecular complexity index is 189. The highest BCUT2D eigenvalue weighted by atomic mass is 35.5. The molecule has 0 atom stereocenters. The summed E-state index contributed by atoms with van der Waals surface area (Å²) in [6.07, 6.45) is 0. The molecular weight excluding hydrogens is 163 g/mol. The van der Waals surface area contributed by atoms with Gasteiger partial charge in [0.15, 0.2) is 5.16 Å². The third-order valence-electron chi connectivity index (χ3n) is 0.400. The topological polar surface area (TPSA) is 81.8 Å². The van der Waals surface area contributed by atoms with Crippen LogP contribution in [0.5, 0.6) is 0 Å². The molecule has 0 bridgehead atoms. The molecule has 0 aromatic carbocycles. The molecule has 0 N–H and O–H groups in total. The highest BCUT2D eigenvalue weighted by Crippen LogP contribution is 1.88. The van der Waals surface area contributed by atoms with E-state index < -0.39 is 16.2 Å². The van der Waals surface area contributed by atoms with Gasteiger partial charge >= 0.3 is 11.3 Å². The number of rotatable bonds is 1. The zero-order valence-electron chi connectivity index (χ0n) is 4.91. The van der Waals surface area contributed by atoms with Crippen LogP contribution in [-0.4, -0.2) is 16.2 Å². The highest BCUT2D eigenvalue weighted by Gasteiger charge is 2.09. The summed E-state index contributed by atoms with van der Waals surface area (Å²) in [6, 6.07) is 0. The van der Waals surface area contributed by atoms with Gasteiger partial charge in [-0.1, -0.05) is 0 Å². The van der Waals surface area contributed by atoms with Crippen molar-refractivity contribution in [3.05, 3.63) is 10.1 Å². The van der Waals surface area contributed by atoms with Crippen LogP contribution in [0.25, 0.3) is 0 Å². The van der Waals surface area contributed by atoms with Gasteiger partial charge in [0.05, 0.1) is 0 Å². The van der Waals surface area contributed by atoms with Gasteiger partial charge in [0.2, 0.25) is 0 Å². The molecule has 0 unspecified atom stereocenters. The minimum atomic E-state index is -0.982. The van der Waals surface area contributed by atoms with Crippen LogP contribution in [0.15, 0.2) is 5.16 Å². The summed E-state index contributed by atoms with van der Waals surface area (Å²) in [6.45, 7) is 1.05. The lowest BCUT2D eigenvalue weighted by molar-refractivity contribution is -0.346. The maximum Gasteiger partial charge on any atom is 0.482 e. The fourth-order valence-corrected chi connectivity index (χ4v) is 0.170. The summed E-state index contributed by atoms with van der Waals surface area (Å²) in [5, 5.41) is 11.3. The number of hydrogen-bond acceptors (Lipinski definition) is 5. The van der Waals surface area contributed by atoms with Crippen LogP contribution in [0.1, 0.15) is 6.92 Å². The van der Waals surface area contributed by atoms with E-state index in [2.05, 4.69) is 9.99 Å². The second-order valence-electron chi connectivity index (χ2n) is 1.20. The lowest BCUT2D eigenvalue weighted by atomic mass is 10.8. The molecule has 0 aromatic heterocycles. The minimum absolute atomic E-state index is 0.764. The standard InChI is InChI=1S/C3H3ClN2O4/c1-2(7)10-5-3(4)6(8)9/h1H3. The molecule has 0 aliphatic heterocycles. The van der Waals surface area contributed by atoms with Gasteiger partial charge in [-0.05, 0) is 4.92 Å². The molecule has 0 aliphatic rings. The number of nitrogens with zero attached hydrogens (tertiary/aromatic N) is 2. The predicted molar refractivity (Wildman–Crippen MR) is 32.0 cm³/mol. The molecule has 0 fully saturated rings. The Morgan fingerprint density at radius 2 is 2.30 bits per heavy atom. The Morgan fingerprint density at radius 1 is 1.80 bits per heavy atom. The first-order valence-corrected chi connectivity index (χ1v) is 2.47. The maximum absolute atomic E-state index is 9.96. The Morgan fingerprint density at radius 3 is 2.60 bits per heavy atom. The molecule has 56 valence electrons. The SMILES string of the molecule is CC(=O)ON=C(Cl)[N+](=O)[O-]. The first-order chi connectivity index (χ1) is 4.54. The van der Waals surface area contributed by atoms with E-state index in [9.17, 15) is 14.9 Å². The van der Waals surface area contributed by atoms with Crippen molar-refractivity contribution in [3.8, 4) is 0 Å². The van der Waals surface area contributed by atoms with E-state index in [0.29, 0.717) is 0 Å². The second kappa shape index (κ2) is 3.78. The molecule has 0 saturated heterocycles. The number of amidine groups is 1. The van der Waals surface area contributed by atoms with E-state index in [1.54, 1.807) is 0 Å². The van der Waals surface area contributed by atoms with E-state index in [0.717, 1.165) is 6.92 Å². The van der Waals surface area contributed by atoms with E-state index in [-0.39, 0.29) is 0 Å². The average Bonchev–Trinajstić information content (AvgIpc) is 1.82. The van der Waals surface area contributed by atoms with Crippen LogP contribution in [0.2, 0.25) is 0 Å². The molecule has 0 heterocycles. The van der Waals surface area contributed by atoms with Gasteiger partial charge < -0.3 is 10.1 Å². The number of nitro groups is 1. The molecule has 0 amide bonds. The summed E-state index contributed by atoms with van der Waals surface area (Å²) in [5.41, 5.74) is 0. The van der Waals surface area contributed by atoms with Gasteiger partial charge in [0.25, 0.3) is 0 Å². The van der Waals surface area contributed by atoms with Crippen LogP contribution in [0.3, 0.4) is 0 Å². The van der Waals surface area contributed by atoms with Gasteiger partial charge in [0.1, 0.15) is 0 Å². The molecule has 0 aliphatic carbocycles. The Kier molecular flexibility index (Phi) is 3.34. The highest BCUT2D eigenvalue weighted by molar-refractivity contribution is 6.62. The van der Waals surface area contributed by atoms with Crippen LogP contribution < -0.4 is 0 Å². The second-order valence-corrected chi connectivity index (χ2v) is 1.54. The summed E-state index contributed by atoms with van der Waals surface area (Å²) >= 11 is 4.83. The quantitative estimate of drug-likeness (QED) is 0.140. The molecule has 0 radical (unpaired) electrons. The van der Waals surface area contributed by atoms with E-state index in [1.165, 1.54) is 0 Å². The van der Waals surface area contributed by atoms with Crippen molar-refractivity contribution in [3.63, 3.8) is 0 Å². The molecule has 0 spiro atoms. The Balaban J connectivity index is 3.92. The van der Waals surface area contributed by atoms with Crippen molar-refractivity contribution in [1.82, 2.24) is 0 Å². The maximum atomic E-state index is 9.96. The summed E-state index contributed by atoms with van der Waals surface area (Å²) in [7, 11) is 0. The Hall–Kier alpha value is -1.17. The van der Waals surface area contributed by atoms with Gasteiger partial charge in [-0.25, -0.2) is 9.63 Å². The molecular formula is C3H3ClN2O4. The molecule has 0 rings (SSSR count). The number of oxime groups is 1. The van der Waals surface area contributed by atoms with Crippen LogP contribution in [-0.2, 0) is 9.63 Å². The van der Waals surface area contributed by atoms with Gasteiger partial charge in [0, 0.05) is 18.5 Å². The largest absolute Gasteiger partial charge is 0.482 e. The van der Waals surface area contributed by atoms with Gasteiger partial charge in [-0.15, -0.1) is 0 Å². The molecule has 0 aromatic rings. The minimum Gasteiger partial charge on any atom is -0.357 e. The van der Waals surface area contributed by atoms with Crippen molar-refractivity contribution < 1.29 is 14.6 Å². The first-order valence-electron chi connectivity index (χ1n) is 2.09. The molecule has 7 heteroatoms. The smallest absolute Gasteiger partial charge is 0.357 e. The number of carbonyl (C=O) groups excluding carboxylic acids is 1. The number of halogens is 1. The lowest BCUT2D eigenvalue weighted by Gasteiger charge is -1.84. The molecule has 6 nitrogen and oxygen atoms in total. The van der Waals surface area contributed by atoms with Crippen LogP contribution in [0.4, 0.5) is 0 Å². The van der Waals surface area contributed by atoms with Gasteiger partial charge in [-0.2, -0.15) is 0 Å². The Labute approximate surface area is 60.5 Å². The van der Waals surface area contributed by atoms with Crippen molar-refractivity contribution in [2.75, 3.05) is 0 Å². The monoisotopic (exact) mass is 166 g/mol. The molecule has 10 heavy (non-hydrogen) atoms. The van der Waals surface area contributed by atoms with Crippen molar-refractivity contribution in [2.45, 2.75) is 6.92 Å². The predicted octanol–water partition coefficient (Wildman–Crippen LogP) is 0.336. The van der Waals surface area contributed by atoms with Crippen molar-refractivity contribution in [1.29, 1.82) is 0 Å². The summed E-state index contributed by atoms with van der Waals surface area (Å²) < 4.78 is 0. The average molecular weight is 167 g/mol. The third-order valence-corrected chi connectivity index (χ3v) is 0.607. The summed E-state index contributed by atoms with van der Waals surface area (Å²) in [4.78, 5) is 22.5. The first kappa shape index (κ1) is 8.83. The molecule has 0 saturated carbocycles. The summed E-state index contributed by atoms with van der Waals surface area (Å²) in [5.74, 6) is -0.764. The zero-order valence-corrected chi connectivity index (χ0v) is 5.66. The number of carbonyl (C=O) groups is 1. The van der Waals surface area contributed by atoms with E-state index in [4.69, 9.17) is 11.6 Å². The normalized spacial score (nSPS) is 10.8. The fraction of sp³-hybridized carbons (Fsp3) is 0.333. The zero-order chi connectivity index (χ0) is 8.15. The van der Waals surface area contributed by atoms with E-state index in [1.807, 2.05) is 0 Å². The third kappa shape index (κ3) is 3.79. The van der Waals surface area contributed by atoms with Crippen LogP contribution in [0, 0.1) is 10.1 Å². The lowest BCUT2D eigenvalue weighted by Crippen LogP contribution is -2.05. The van der Waals surface area contributed by atoms with Crippen LogP contribution >= 0.6 is 11.6 Å². The van der Waals surface area contributed by atoms with E-state index >= 15 is 0 Å². The van der Waals surface area contributed by atoms with Crippen molar-refractivity contribution in [2.24, 2.45) is 5.16 Å². The number of hydrogen-bond donors (Lipinski definition) is 0.